The molecule has 2 aromatic carbocycles. The van der Waals surface area contributed by atoms with Crippen LogP contribution in [0.2, 0.25) is 0 Å². The number of hydrogen-bond acceptors (Lipinski definition) is 5. The first kappa shape index (κ1) is 18.2. The van der Waals surface area contributed by atoms with Crippen molar-refractivity contribution in [1.29, 1.82) is 0 Å². The first-order chi connectivity index (χ1) is 13.7. The number of amides is 1. The van der Waals surface area contributed by atoms with Gasteiger partial charge in [-0.2, -0.15) is 0 Å². The minimum atomic E-state index is -0.188. The number of nitrogens with zero attached hydrogens (tertiary/aromatic N) is 1. The summed E-state index contributed by atoms with van der Waals surface area (Å²) in [5, 5.41) is 2.93. The van der Waals surface area contributed by atoms with Crippen LogP contribution in [-0.2, 0) is 4.79 Å². The topological polar surface area (TPSA) is 60.0 Å². The minimum absolute atomic E-state index is 0.188. The van der Waals surface area contributed by atoms with Gasteiger partial charge in [0.2, 0.25) is 11.7 Å². The summed E-state index contributed by atoms with van der Waals surface area (Å²) >= 11 is 0. The molecule has 2 aromatic rings. The van der Waals surface area contributed by atoms with Crippen LogP contribution in [0.25, 0.3) is 6.08 Å². The monoisotopic (exact) mass is 380 g/mol. The highest BCUT2D eigenvalue weighted by Gasteiger charge is 2.18. The van der Waals surface area contributed by atoms with Crippen molar-refractivity contribution in [1.82, 2.24) is 0 Å². The lowest BCUT2D eigenvalue weighted by molar-refractivity contribution is -0.111. The van der Waals surface area contributed by atoms with Crippen molar-refractivity contribution in [2.45, 2.75) is 12.8 Å². The van der Waals surface area contributed by atoms with E-state index in [-0.39, 0.29) is 5.91 Å². The Morgan fingerprint density at radius 1 is 1.14 bits per heavy atom. The average molecular weight is 380 g/mol. The van der Waals surface area contributed by atoms with Crippen LogP contribution in [-0.4, -0.2) is 39.3 Å². The fourth-order valence-electron chi connectivity index (χ4n) is 3.50. The third kappa shape index (κ3) is 4.06. The molecular formula is C22H24N2O4. The number of fused-ring (bicyclic) bond motifs is 1. The number of methoxy groups -OCH3 is 1. The summed E-state index contributed by atoms with van der Waals surface area (Å²) in [5.41, 5.74) is 2.75. The lowest BCUT2D eigenvalue weighted by atomic mass is 10.1. The van der Waals surface area contributed by atoms with Crippen LogP contribution in [0.1, 0.15) is 18.4 Å². The quantitative estimate of drug-likeness (QED) is 0.801. The second-order valence-electron chi connectivity index (χ2n) is 6.81. The second kappa shape index (κ2) is 8.25. The Kier molecular flexibility index (Phi) is 5.37. The summed E-state index contributed by atoms with van der Waals surface area (Å²) in [6.07, 6.45) is 5.68. The molecule has 1 saturated heterocycles. The Morgan fingerprint density at radius 2 is 1.96 bits per heavy atom. The van der Waals surface area contributed by atoms with Crippen LogP contribution in [0.4, 0.5) is 11.4 Å². The lowest BCUT2D eigenvalue weighted by Crippen LogP contribution is -2.17. The molecule has 6 heteroatoms. The zero-order valence-corrected chi connectivity index (χ0v) is 15.9. The Bertz CT molecular complexity index is 871. The van der Waals surface area contributed by atoms with E-state index in [2.05, 4.69) is 16.3 Å². The SMILES string of the molecule is COc1cc(C=CC(=O)Nc2cccc(N3CCCC3)c2)cc2c1OCCO2. The van der Waals surface area contributed by atoms with Crippen LogP contribution < -0.4 is 24.4 Å². The van der Waals surface area contributed by atoms with Gasteiger partial charge in [-0.15, -0.1) is 0 Å². The van der Waals surface area contributed by atoms with Gasteiger partial charge < -0.3 is 24.4 Å². The Morgan fingerprint density at radius 3 is 2.79 bits per heavy atom. The van der Waals surface area contributed by atoms with Crippen LogP contribution in [0.15, 0.2) is 42.5 Å². The second-order valence-corrected chi connectivity index (χ2v) is 6.81. The molecule has 28 heavy (non-hydrogen) atoms. The third-order valence-electron chi connectivity index (χ3n) is 4.86. The predicted molar refractivity (Wildman–Crippen MR) is 110 cm³/mol. The van der Waals surface area contributed by atoms with Crippen molar-refractivity contribution in [3.05, 3.63) is 48.0 Å². The average Bonchev–Trinajstić information content (AvgIpc) is 3.27. The van der Waals surface area contributed by atoms with E-state index in [1.54, 1.807) is 13.2 Å². The molecule has 2 aliphatic heterocycles. The van der Waals surface area contributed by atoms with Crippen molar-refractivity contribution < 1.29 is 19.0 Å². The van der Waals surface area contributed by atoms with Gasteiger partial charge in [-0.05, 0) is 54.8 Å². The van der Waals surface area contributed by atoms with Gasteiger partial charge in [0, 0.05) is 30.5 Å². The van der Waals surface area contributed by atoms with Crippen LogP contribution >= 0.6 is 0 Å². The number of rotatable bonds is 5. The molecule has 0 radical (unpaired) electrons. The van der Waals surface area contributed by atoms with Crippen molar-refractivity contribution >= 4 is 23.4 Å². The number of hydrogen-bond donors (Lipinski definition) is 1. The molecule has 0 saturated carbocycles. The fraction of sp³-hybridized carbons (Fsp3) is 0.318. The highest BCUT2D eigenvalue weighted by molar-refractivity contribution is 6.02. The van der Waals surface area contributed by atoms with Gasteiger partial charge in [0.15, 0.2) is 11.5 Å². The number of benzene rings is 2. The molecule has 146 valence electrons. The van der Waals surface area contributed by atoms with Crippen LogP contribution in [0, 0.1) is 0 Å². The Balaban J connectivity index is 1.45. The first-order valence-electron chi connectivity index (χ1n) is 9.54. The number of anilines is 2. The fourth-order valence-corrected chi connectivity index (χ4v) is 3.50. The van der Waals surface area contributed by atoms with Gasteiger partial charge in [-0.3, -0.25) is 4.79 Å². The van der Waals surface area contributed by atoms with E-state index in [4.69, 9.17) is 14.2 Å². The molecule has 6 nitrogen and oxygen atoms in total. The Hall–Kier alpha value is -3.15. The first-order valence-corrected chi connectivity index (χ1v) is 9.54. The summed E-state index contributed by atoms with van der Waals surface area (Å²) in [7, 11) is 1.58. The smallest absolute Gasteiger partial charge is 0.248 e. The molecule has 1 amide bonds. The van der Waals surface area contributed by atoms with E-state index >= 15 is 0 Å². The van der Waals surface area contributed by atoms with E-state index < -0.39 is 0 Å². The molecule has 0 bridgehead atoms. The third-order valence-corrected chi connectivity index (χ3v) is 4.86. The summed E-state index contributed by atoms with van der Waals surface area (Å²) in [6, 6.07) is 11.6. The van der Waals surface area contributed by atoms with Crippen LogP contribution in [0.3, 0.4) is 0 Å². The minimum Gasteiger partial charge on any atom is -0.493 e. The van der Waals surface area contributed by atoms with E-state index in [1.165, 1.54) is 18.9 Å². The lowest BCUT2D eigenvalue weighted by Gasteiger charge is -2.20. The van der Waals surface area contributed by atoms with Gasteiger partial charge in [-0.1, -0.05) is 6.07 Å². The van der Waals surface area contributed by atoms with Gasteiger partial charge in [0.05, 0.1) is 7.11 Å². The van der Waals surface area contributed by atoms with Crippen LogP contribution in [0.5, 0.6) is 17.2 Å². The number of carbonyl (C=O) groups excluding carboxylic acids is 1. The van der Waals surface area contributed by atoms with Crippen molar-refractivity contribution in [3.8, 4) is 17.2 Å². The maximum Gasteiger partial charge on any atom is 0.248 e. The van der Waals surface area contributed by atoms with Gasteiger partial charge >= 0.3 is 0 Å². The molecule has 0 spiro atoms. The maximum atomic E-state index is 12.4. The zero-order valence-electron chi connectivity index (χ0n) is 15.9. The molecule has 0 unspecified atom stereocenters. The van der Waals surface area contributed by atoms with Gasteiger partial charge in [0.1, 0.15) is 13.2 Å². The maximum absolute atomic E-state index is 12.4. The van der Waals surface area contributed by atoms with Crippen molar-refractivity contribution in [2.24, 2.45) is 0 Å². The molecule has 1 fully saturated rings. The Labute approximate surface area is 164 Å². The number of nitrogens with one attached hydrogen (secondary N) is 1. The molecule has 4 rings (SSSR count). The van der Waals surface area contributed by atoms with E-state index in [9.17, 15) is 4.79 Å². The molecular weight excluding hydrogens is 356 g/mol. The highest BCUT2D eigenvalue weighted by atomic mass is 16.6. The summed E-state index contributed by atoms with van der Waals surface area (Å²) in [5.74, 6) is 1.64. The molecule has 2 aliphatic rings. The van der Waals surface area contributed by atoms with E-state index in [0.717, 1.165) is 30.0 Å². The number of ether oxygens (including phenoxy) is 3. The summed E-state index contributed by atoms with van der Waals surface area (Å²) in [4.78, 5) is 14.7. The van der Waals surface area contributed by atoms with Gasteiger partial charge in [-0.25, -0.2) is 0 Å². The molecule has 0 atom stereocenters. The largest absolute Gasteiger partial charge is 0.493 e. The summed E-state index contributed by atoms with van der Waals surface area (Å²) < 4.78 is 16.6. The van der Waals surface area contributed by atoms with Crippen molar-refractivity contribution in [3.63, 3.8) is 0 Å². The van der Waals surface area contributed by atoms with Gasteiger partial charge in [0.25, 0.3) is 0 Å². The zero-order chi connectivity index (χ0) is 19.3. The normalized spacial score (nSPS) is 15.7. The van der Waals surface area contributed by atoms with Crippen molar-refractivity contribution in [2.75, 3.05) is 43.6 Å². The standard InChI is InChI=1S/C22H24N2O4/c1-26-19-13-16(14-20-22(19)28-12-11-27-20)7-8-21(25)23-17-5-4-6-18(15-17)24-9-2-3-10-24/h4-8,13-15H,2-3,9-12H2,1H3,(H,23,25). The van der Waals surface area contributed by atoms with E-state index in [0.29, 0.717) is 30.5 Å². The highest BCUT2D eigenvalue weighted by Crippen LogP contribution is 2.40. The van der Waals surface area contributed by atoms with E-state index in [1.807, 2.05) is 30.3 Å². The molecule has 1 N–H and O–H groups in total. The number of carbonyl (C=O) groups is 1. The molecule has 2 heterocycles. The summed E-state index contributed by atoms with van der Waals surface area (Å²) in [6.45, 7) is 3.14. The predicted octanol–water partition coefficient (Wildman–Crippen LogP) is 3.72. The molecule has 0 aromatic heterocycles. The molecule has 0 aliphatic carbocycles.